The first-order valence-corrected chi connectivity index (χ1v) is 10.4. The van der Waals surface area contributed by atoms with Gasteiger partial charge in [0, 0.05) is 24.0 Å². The maximum Gasteiger partial charge on any atom is 0.259 e. The number of nitrogens with zero attached hydrogens (tertiary/aromatic N) is 1. The standard InChI is InChI=1S/C24H31N3O5/c1-24(2,3)26-22(28)20-19(25-15-7-11-17(30-4)12-8-15)21(32-6)23(29)27(20)16-9-13-18(31-5)14-10-16/h7-14,19-21,25H,1-6H3,(H,26,28)/t19-,20+,21+/m0/s1. The highest BCUT2D eigenvalue weighted by atomic mass is 16.5. The largest absolute Gasteiger partial charge is 0.497 e. The Morgan fingerprint density at radius 1 is 0.906 bits per heavy atom. The van der Waals surface area contributed by atoms with Crippen LogP contribution in [0.15, 0.2) is 48.5 Å². The molecule has 3 rings (SSSR count). The minimum absolute atomic E-state index is 0.271. The maximum absolute atomic E-state index is 13.4. The minimum atomic E-state index is -0.852. The summed E-state index contributed by atoms with van der Waals surface area (Å²) in [5, 5.41) is 6.34. The molecule has 2 amide bonds. The van der Waals surface area contributed by atoms with Gasteiger partial charge >= 0.3 is 0 Å². The number of ether oxygens (including phenoxy) is 3. The molecule has 0 unspecified atom stereocenters. The maximum atomic E-state index is 13.4. The summed E-state index contributed by atoms with van der Waals surface area (Å²) < 4.78 is 16.0. The molecule has 1 saturated heterocycles. The minimum Gasteiger partial charge on any atom is -0.497 e. The van der Waals surface area contributed by atoms with E-state index in [0.717, 1.165) is 5.69 Å². The molecule has 1 fully saturated rings. The molecule has 1 aliphatic heterocycles. The quantitative estimate of drug-likeness (QED) is 0.687. The summed E-state index contributed by atoms with van der Waals surface area (Å²) in [5.41, 5.74) is 0.864. The zero-order valence-electron chi connectivity index (χ0n) is 19.3. The van der Waals surface area contributed by atoms with Crippen molar-refractivity contribution in [1.29, 1.82) is 0 Å². The Kier molecular flexibility index (Phi) is 6.93. The fraction of sp³-hybridized carbons (Fsp3) is 0.417. The number of amides is 2. The van der Waals surface area contributed by atoms with Crippen molar-refractivity contribution in [2.24, 2.45) is 0 Å². The normalized spacial score (nSPS) is 20.8. The number of anilines is 2. The Balaban J connectivity index is 2.02. The van der Waals surface area contributed by atoms with Crippen molar-refractivity contribution in [2.75, 3.05) is 31.5 Å². The number of carbonyl (C=O) groups is 2. The average Bonchev–Trinajstić information content (AvgIpc) is 3.04. The molecule has 8 heteroatoms. The molecular formula is C24H31N3O5. The zero-order chi connectivity index (χ0) is 23.5. The summed E-state index contributed by atoms with van der Waals surface area (Å²) in [6.45, 7) is 5.71. The van der Waals surface area contributed by atoms with Crippen LogP contribution in [0.4, 0.5) is 11.4 Å². The fourth-order valence-corrected chi connectivity index (χ4v) is 3.79. The van der Waals surface area contributed by atoms with Gasteiger partial charge in [0.15, 0.2) is 6.10 Å². The third kappa shape index (κ3) is 4.96. The van der Waals surface area contributed by atoms with Gasteiger partial charge in [-0.1, -0.05) is 0 Å². The van der Waals surface area contributed by atoms with Crippen molar-refractivity contribution in [1.82, 2.24) is 5.32 Å². The van der Waals surface area contributed by atoms with Gasteiger partial charge in [-0.3, -0.25) is 14.5 Å². The Morgan fingerprint density at radius 3 is 1.91 bits per heavy atom. The van der Waals surface area contributed by atoms with Gasteiger partial charge in [-0.25, -0.2) is 0 Å². The van der Waals surface area contributed by atoms with Crippen molar-refractivity contribution in [3.05, 3.63) is 48.5 Å². The van der Waals surface area contributed by atoms with Crippen LogP contribution in [-0.4, -0.2) is 56.9 Å². The zero-order valence-corrected chi connectivity index (χ0v) is 19.3. The van der Waals surface area contributed by atoms with Crippen LogP contribution in [0.2, 0.25) is 0 Å². The van der Waals surface area contributed by atoms with Crippen LogP contribution in [-0.2, 0) is 14.3 Å². The first kappa shape index (κ1) is 23.4. The lowest BCUT2D eigenvalue weighted by atomic mass is 10.0. The van der Waals surface area contributed by atoms with Crippen LogP contribution in [0.25, 0.3) is 0 Å². The van der Waals surface area contributed by atoms with E-state index in [1.54, 1.807) is 38.5 Å². The molecule has 0 aliphatic carbocycles. The fourth-order valence-electron chi connectivity index (χ4n) is 3.79. The van der Waals surface area contributed by atoms with Gasteiger partial charge in [0.05, 0.1) is 20.3 Å². The highest BCUT2D eigenvalue weighted by Gasteiger charge is 2.53. The molecule has 172 valence electrons. The second-order valence-electron chi connectivity index (χ2n) is 8.65. The number of nitrogens with one attached hydrogen (secondary N) is 2. The molecular weight excluding hydrogens is 410 g/mol. The number of benzene rings is 2. The van der Waals surface area contributed by atoms with E-state index in [2.05, 4.69) is 10.6 Å². The van der Waals surface area contributed by atoms with Crippen LogP contribution in [0.5, 0.6) is 11.5 Å². The second kappa shape index (κ2) is 9.48. The highest BCUT2D eigenvalue weighted by molar-refractivity contribution is 6.08. The van der Waals surface area contributed by atoms with Gasteiger partial charge in [-0.2, -0.15) is 0 Å². The van der Waals surface area contributed by atoms with E-state index in [0.29, 0.717) is 17.2 Å². The second-order valence-corrected chi connectivity index (χ2v) is 8.65. The molecule has 3 atom stereocenters. The van der Waals surface area contributed by atoms with Crippen LogP contribution >= 0.6 is 0 Å². The summed E-state index contributed by atoms with van der Waals surface area (Å²) in [6, 6.07) is 12.9. The number of rotatable bonds is 7. The lowest BCUT2D eigenvalue weighted by Gasteiger charge is -2.31. The van der Waals surface area contributed by atoms with Crippen LogP contribution in [0.3, 0.4) is 0 Å². The van der Waals surface area contributed by atoms with Crippen molar-refractivity contribution in [3.63, 3.8) is 0 Å². The van der Waals surface area contributed by atoms with E-state index < -0.39 is 23.7 Å². The Hall–Kier alpha value is -3.26. The predicted octanol–water partition coefficient (Wildman–Crippen LogP) is 2.83. The summed E-state index contributed by atoms with van der Waals surface area (Å²) in [5.74, 6) is 0.806. The number of methoxy groups -OCH3 is 3. The van der Waals surface area contributed by atoms with E-state index in [9.17, 15) is 9.59 Å². The monoisotopic (exact) mass is 441 g/mol. The van der Waals surface area contributed by atoms with E-state index in [1.807, 2.05) is 45.0 Å². The average molecular weight is 442 g/mol. The summed E-state index contributed by atoms with van der Waals surface area (Å²) in [4.78, 5) is 28.3. The molecule has 8 nitrogen and oxygen atoms in total. The lowest BCUT2D eigenvalue weighted by molar-refractivity contribution is -0.126. The summed E-state index contributed by atoms with van der Waals surface area (Å²) in [6.07, 6.45) is -0.852. The van der Waals surface area contributed by atoms with Gasteiger partial charge in [-0.15, -0.1) is 0 Å². The molecule has 1 aliphatic rings. The smallest absolute Gasteiger partial charge is 0.259 e. The third-order valence-electron chi connectivity index (χ3n) is 5.22. The van der Waals surface area contributed by atoms with Gasteiger partial charge in [-0.05, 0) is 69.3 Å². The summed E-state index contributed by atoms with van der Waals surface area (Å²) >= 11 is 0. The molecule has 0 radical (unpaired) electrons. The van der Waals surface area contributed by atoms with Crippen molar-refractivity contribution in [2.45, 2.75) is 44.5 Å². The Bertz CT molecular complexity index is 938. The van der Waals surface area contributed by atoms with E-state index in [4.69, 9.17) is 14.2 Å². The molecule has 2 N–H and O–H groups in total. The van der Waals surface area contributed by atoms with Gasteiger partial charge in [0.1, 0.15) is 17.5 Å². The topological polar surface area (TPSA) is 89.1 Å². The lowest BCUT2D eigenvalue weighted by Crippen LogP contribution is -2.55. The molecule has 32 heavy (non-hydrogen) atoms. The Morgan fingerprint density at radius 2 is 1.44 bits per heavy atom. The van der Waals surface area contributed by atoms with Gasteiger partial charge < -0.3 is 24.8 Å². The van der Waals surface area contributed by atoms with Crippen LogP contribution in [0.1, 0.15) is 20.8 Å². The van der Waals surface area contributed by atoms with Gasteiger partial charge in [0.2, 0.25) is 5.91 Å². The van der Waals surface area contributed by atoms with E-state index >= 15 is 0 Å². The van der Waals surface area contributed by atoms with Crippen molar-refractivity contribution in [3.8, 4) is 11.5 Å². The van der Waals surface area contributed by atoms with E-state index in [-0.39, 0.29) is 11.8 Å². The first-order valence-electron chi connectivity index (χ1n) is 10.4. The Labute approximate surface area is 188 Å². The molecule has 2 aromatic rings. The summed E-state index contributed by atoms with van der Waals surface area (Å²) in [7, 11) is 4.64. The molecule has 0 bridgehead atoms. The van der Waals surface area contributed by atoms with Crippen LogP contribution in [0, 0.1) is 0 Å². The SMILES string of the molecule is COc1ccc(N[C@@H]2[C@@H](OC)C(=O)N(c3ccc(OC)cc3)[C@H]2C(=O)NC(C)(C)C)cc1. The molecule has 2 aromatic carbocycles. The molecule has 1 heterocycles. The predicted molar refractivity (Wildman–Crippen MR) is 123 cm³/mol. The molecule has 0 saturated carbocycles. The van der Waals surface area contributed by atoms with Crippen LogP contribution < -0.4 is 25.0 Å². The molecule has 0 spiro atoms. The van der Waals surface area contributed by atoms with E-state index in [1.165, 1.54) is 12.0 Å². The third-order valence-corrected chi connectivity index (χ3v) is 5.22. The number of hydrogen-bond acceptors (Lipinski definition) is 6. The number of hydrogen-bond donors (Lipinski definition) is 2. The number of carbonyl (C=O) groups excluding carboxylic acids is 2. The highest BCUT2D eigenvalue weighted by Crippen LogP contribution is 2.32. The van der Waals surface area contributed by atoms with Crippen molar-refractivity contribution >= 4 is 23.2 Å². The van der Waals surface area contributed by atoms with Gasteiger partial charge in [0.25, 0.3) is 5.91 Å². The van der Waals surface area contributed by atoms with Crippen molar-refractivity contribution < 1.29 is 23.8 Å². The first-order chi connectivity index (χ1) is 15.2. The molecule has 0 aromatic heterocycles.